The molecule has 0 bridgehead atoms. The van der Waals surface area contributed by atoms with Crippen molar-refractivity contribution in [1.29, 1.82) is 0 Å². The van der Waals surface area contributed by atoms with Crippen LogP contribution in [0.15, 0.2) is 42.5 Å². The molecule has 0 aliphatic heterocycles. The molecule has 0 aliphatic carbocycles. The Morgan fingerprint density at radius 1 is 1.08 bits per heavy atom. The molecule has 26 heavy (non-hydrogen) atoms. The van der Waals surface area contributed by atoms with E-state index in [0.29, 0.717) is 28.8 Å². The van der Waals surface area contributed by atoms with Crippen LogP contribution in [0.4, 0.5) is 0 Å². The number of hydrogen-bond donors (Lipinski definition) is 0. The Balaban J connectivity index is 2.15. The first-order valence-corrected chi connectivity index (χ1v) is 8.34. The van der Waals surface area contributed by atoms with Crippen molar-refractivity contribution in [3.8, 4) is 17.2 Å². The summed E-state index contributed by atoms with van der Waals surface area (Å²) in [5.74, 6) is 1.43. The van der Waals surface area contributed by atoms with Gasteiger partial charge >= 0.3 is 0 Å². The molecule has 1 amide bonds. The Morgan fingerprint density at radius 3 is 2.23 bits per heavy atom. The van der Waals surface area contributed by atoms with Crippen molar-refractivity contribution in [1.82, 2.24) is 4.90 Å². The molecule has 0 atom stereocenters. The highest BCUT2D eigenvalue weighted by molar-refractivity contribution is 6.31. The van der Waals surface area contributed by atoms with Crippen LogP contribution in [0.25, 0.3) is 6.08 Å². The van der Waals surface area contributed by atoms with E-state index in [2.05, 4.69) is 0 Å². The Kier molecular flexibility index (Phi) is 6.92. The fraction of sp³-hybridized carbons (Fsp3) is 0.250. The minimum atomic E-state index is -0.140. The SMILES string of the molecule is COc1cc(/C=C/C(=O)N(C)Cc2ccccc2Cl)cc(OC)c1OC. The number of amides is 1. The van der Waals surface area contributed by atoms with E-state index in [9.17, 15) is 4.79 Å². The summed E-state index contributed by atoms with van der Waals surface area (Å²) >= 11 is 6.15. The number of ether oxygens (including phenoxy) is 3. The maximum atomic E-state index is 12.4. The van der Waals surface area contributed by atoms with Crippen LogP contribution in [0, 0.1) is 0 Å². The number of rotatable bonds is 7. The fourth-order valence-electron chi connectivity index (χ4n) is 2.45. The zero-order valence-corrected chi connectivity index (χ0v) is 16.0. The average Bonchev–Trinajstić information content (AvgIpc) is 2.66. The van der Waals surface area contributed by atoms with Gasteiger partial charge in [0.15, 0.2) is 11.5 Å². The van der Waals surface area contributed by atoms with Crippen LogP contribution < -0.4 is 14.2 Å². The second kappa shape index (κ2) is 9.15. The van der Waals surface area contributed by atoms with Crippen LogP contribution in [0.2, 0.25) is 5.02 Å². The highest BCUT2D eigenvalue weighted by atomic mass is 35.5. The largest absolute Gasteiger partial charge is 0.493 e. The molecule has 2 aromatic carbocycles. The van der Waals surface area contributed by atoms with E-state index in [-0.39, 0.29) is 5.91 Å². The number of carbonyl (C=O) groups excluding carboxylic acids is 1. The van der Waals surface area contributed by atoms with Crippen molar-refractivity contribution in [2.24, 2.45) is 0 Å². The van der Waals surface area contributed by atoms with Gasteiger partial charge < -0.3 is 19.1 Å². The lowest BCUT2D eigenvalue weighted by Crippen LogP contribution is -2.24. The number of hydrogen-bond acceptors (Lipinski definition) is 4. The van der Waals surface area contributed by atoms with Crippen LogP contribution in [0.5, 0.6) is 17.2 Å². The van der Waals surface area contributed by atoms with Crippen LogP contribution in [0.1, 0.15) is 11.1 Å². The third-order valence-corrected chi connectivity index (χ3v) is 4.22. The minimum absolute atomic E-state index is 0.140. The van der Waals surface area contributed by atoms with Gasteiger partial charge in [-0.3, -0.25) is 4.79 Å². The van der Waals surface area contributed by atoms with Gasteiger partial charge in [-0.25, -0.2) is 0 Å². The normalized spacial score (nSPS) is 10.7. The summed E-state index contributed by atoms with van der Waals surface area (Å²) in [5, 5.41) is 0.640. The maximum Gasteiger partial charge on any atom is 0.246 e. The third-order valence-electron chi connectivity index (χ3n) is 3.85. The summed E-state index contributed by atoms with van der Waals surface area (Å²) < 4.78 is 15.9. The number of likely N-dealkylation sites (N-methyl/N-ethyl adjacent to an activating group) is 1. The molecule has 0 unspecified atom stereocenters. The van der Waals surface area contributed by atoms with Gasteiger partial charge in [-0.05, 0) is 35.4 Å². The third kappa shape index (κ3) is 4.70. The molecular weight excluding hydrogens is 354 g/mol. The highest BCUT2D eigenvalue weighted by Gasteiger charge is 2.13. The number of halogens is 1. The average molecular weight is 376 g/mol. The molecule has 138 valence electrons. The van der Waals surface area contributed by atoms with Gasteiger partial charge in [-0.1, -0.05) is 29.8 Å². The van der Waals surface area contributed by atoms with E-state index < -0.39 is 0 Å². The van der Waals surface area contributed by atoms with Crippen LogP contribution >= 0.6 is 11.6 Å². The highest BCUT2D eigenvalue weighted by Crippen LogP contribution is 2.38. The lowest BCUT2D eigenvalue weighted by molar-refractivity contribution is -0.125. The van der Waals surface area contributed by atoms with Gasteiger partial charge in [-0.2, -0.15) is 0 Å². The first-order chi connectivity index (χ1) is 12.5. The zero-order chi connectivity index (χ0) is 19.1. The van der Waals surface area contributed by atoms with Gasteiger partial charge in [0, 0.05) is 24.7 Å². The first kappa shape index (κ1) is 19.7. The van der Waals surface area contributed by atoms with E-state index in [0.717, 1.165) is 11.1 Å². The summed E-state index contributed by atoms with van der Waals surface area (Å²) in [6, 6.07) is 11.0. The maximum absolute atomic E-state index is 12.4. The van der Waals surface area contributed by atoms with Crippen molar-refractivity contribution >= 4 is 23.6 Å². The molecule has 0 heterocycles. The predicted octanol–water partition coefficient (Wildman–Crippen LogP) is 4.04. The molecule has 0 radical (unpaired) electrons. The van der Waals surface area contributed by atoms with Crippen LogP contribution in [-0.4, -0.2) is 39.2 Å². The standard InChI is InChI=1S/C20H22ClNO4/c1-22(13-15-7-5-6-8-16(15)21)19(23)10-9-14-11-17(24-2)20(26-4)18(12-14)25-3/h5-12H,13H2,1-4H3/b10-9+. The van der Waals surface area contributed by atoms with Crippen LogP contribution in [0.3, 0.4) is 0 Å². The Morgan fingerprint density at radius 2 is 1.69 bits per heavy atom. The fourth-order valence-corrected chi connectivity index (χ4v) is 2.65. The van der Waals surface area contributed by atoms with E-state index >= 15 is 0 Å². The number of carbonyl (C=O) groups is 1. The molecule has 0 aliphatic rings. The quantitative estimate of drug-likeness (QED) is 0.685. The van der Waals surface area contributed by atoms with E-state index in [4.69, 9.17) is 25.8 Å². The topological polar surface area (TPSA) is 48.0 Å². The Labute approximate surface area is 158 Å². The molecule has 0 saturated heterocycles. The Hall–Kier alpha value is -2.66. The van der Waals surface area contributed by atoms with Crippen molar-refractivity contribution in [3.63, 3.8) is 0 Å². The van der Waals surface area contributed by atoms with Crippen molar-refractivity contribution in [3.05, 3.63) is 58.6 Å². The number of methoxy groups -OCH3 is 3. The van der Waals surface area contributed by atoms with Crippen molar-refractivity contribution < 1.29 is 19.0 Å². The van der Waals surface area contributed by atoms with E-state index in [1.807, 2.05) is 18.2 Å². The van der Waals surface area contributed by atoms with Gasteiger partial charge in [0.25, 0.3) is 0 Å². The van der Waals surface area contributed by atoms with Gasteiger partial charge in [0.1, 0.15) is 0 Å². The number of nitrogens with zero attached hydrogens (tertiary/aromatic N) is 1. The zero-order valence-electron chi connectivity index (χ0n) is 15.3. The van der Waals surface area contributed by atoms with Crippen molar-refractivity contribution in [2.75, 3.05) is 28.4 Å². The lowest BCUT2D eigenvalue weighted by Gasteiger charge is -2.16. The van der Waals surface area contributed by atoms with E-state index in [1.54, 1.807) is 57.6 Å². The molecule has 5 nitrogen and oxygen atoms in total. The van der Waals surface area contributed by atoms with Gasteiger partial charge in [0.05, 0.1) is 21.3 Å². The predicted molar refractivity (Wildman–Crippen MR) is 103 cm³/mol. The Bertz CT molecular complexity index is 779. The molecule has 6 heteroatoms. The molecule has 0 N–H and O–H groups in total. The molecular formula is C20H22ClNO4. The monoisotopic (exact) mass is 375 g/mol. The molecule has 0 fully saturated rings. The summed E-state index contributed by atoms with van der Waals surface area (Å²) in [4.78, 5) is 14.0. The second-order valence-corrected chi connectivity index (χ2v) is 5.98. The second-order valence-electron chi connectivity index (χ2n) is 5.58. The van der Waals surface area contributed by atoms with Crippen LogP contribution in [-0.2, 0) is 11.3 Å². The molecule has 2 rings (SSSR count). The van der Waals surface area contributed by atoms with E-state index in [1.165, 1.54) is 6.08 Å². The molecule has 0 saturated carbocycles. The van der Waals surface area contributed by atoms with Gasteiger partial charge in [-0.15, -0.1) is 0 Å². The lowest BCUT2D eigenvalue weighted by atomic mass is 10.1. The summed E-state index contributed by atoms with van der Waals surface area (Å²) in [6.45, 7) is 0.429. The molecule has 0 aromatic heterocycles. The summed E-state index contributed by atoms with van der Waals surface area (Å²) in [5.41, 5.74) is 1.66. The smallest absolute Gasteiger partial charge is 0.246 e. The molecule has 0 spiro atoms. The van der Waals surface area contributed by atoms with Crippen molar-refractivity contribution in [2.45, 2.75) is 6.54 Å². The molecule has 2 aromatic rings. The number of benzene rings is 2. The summed E-state index contributed by atoms with van der Waals surface area (Å²) in [6.07, 6.45) is 3.20. The summed E-state index contributed by atoms with van der Waals surface area (Å²) in [7, 11) is 6.37. The minimum Gasteiger partial charge on any atom is -0.493 e. The first-order valence-electron chi connectivity index (χ1n) is 7.96. The van der Waals surface area contributed by atoms with Gasteiger partial charge in [0.2, 0.25) is 11.7 Å².